The first-order valence-electron chi connectivity index (χ1n) is 8.75. The van der Waals surface area contributed by atoms with Crippen LogP contribution in [0.25, 0.3) is 0 Å². The van der Waals surface area contributed by atoms with Crippen molar-refractivity contribution >= 4 is 0 Å². The molecule has 3 nitrogen and oxygen atoms in total. The third-order valence-electron chi connectivity index (χ3n) is 4.78. The molecule has 0 amide bonds. The van der Waals surface area contributed by atoms with Crippen LogP contribution in [-0.2, 0) is 19.2 Å². The second-order valence-electron chi connectivity index (χ2n) is 7.37. The highest BCUT2D eigenvalue weighted by atomic mass is 16.3. The quantitative estimate of drug-likeness (QED) is 0.634. The summed E-state index contributed by atoms with van der Waals surface area (Å²) in [4.78, 5) is 0. The second kappa shape index (κ2) is 7.35. The molecule has 0 saturated carbocycles. The molecule has 0 radical (unpaired) electrons. The number of hydrogen-bond acceptors (Lipinski definition) is 1. The molecule has 0 aliphatic carbocycles. The van der Waals surface area contributed by atoms with Crippen molar-refractivity contribution in [3.05, 3.63) is 65.8 Å². The lowest BCUT2D eigenvalue weighted by Gasteiger charge is -2.33. The van der Waals surface area contributed by atoms with Crippen LogP contribution in [0, 0.1) is 11.8 Å². The smallest absolute Gasteiger partial charge is 0.243 e. The molecule has 2 aromatic rings. The van der Waals surface area contributed by atoms with Crippen molar-refractivity contribution < 1.29 is 9.67 Å². The van der Waals surface area contributed by atoms with E-state index >= 15 is 0 Å². The zero-order chi connectivity index (χ0) is 17.9. The molecule has 1 heterocycles. The number of aryl methyl sites for hydroxylation is 1. The van der Waals surface area contributed by atoms with Crippen molar-refractivity contribution in [3.63, 3.8) is 0 Å². The minimum Gasteiger partial charge on any atom is -0.377 e. The van der Waals surface area contributed by atoms with Gasteiger partial charge in [-0.2, -0.15) is 0 Å². The van der Waals surface area contributed by atoms with Crippen LogP contribution in [0.4, 0.5) is 0 Å². The molecular weight excluding hydrogens is 296 g/mol. The van der Waals surface area contributed by atoms with Crippen LogP contribution >= 0.6 is 0 Å². The molecule has 0 fully saturated rings. The van der Waals surface area contributed by atoms with E-state index in [0.717, 1.165) is 11.1 Å². The maximum atomic E-state index is 11.8. The first-order valence-corrected chi connectivity index (χ1v) is 8.75. The number of benzene rings is 1. The highest BCUT2D eigenvalue weighted by Crippen LogP contribution is 2.37. The van der Waals surface area contributed by atoms with Crippen LogP contribution in [-0.4, -0.2) is 9.67 Å². The van der Waals surface area contributed by atoms with E-state index < -0.39 is 5.60 Å². The van der Waals surface area contributed by atoms with Gasteiger partial charge in [-0.15, -0.1) is 0 Å². The van der Waals surface area contributed by atoms with E-state index in [4.69, 9.17) is 0 Å². The molecule has 0 saturated heterocycles. The summed E-state index contributed by atoms with van der Waals surface area (Å²) in [7, 11) is 1.99. The summed E-state index contributed by atoms with van der Waals surface area (Å²) in [6.45, 7) is 11.4. The van der Waals surface area contributed by atoms with E-state index in [1.165, 1.54) is 5.57 Å². The van der Waals surface area contributed by atoms with Gasteiger partial charge in [-0.3, -0.25) is 0 Å². The van der Waals surface area contributed by atoms with Crippen LogP contribution in [0.1, 0.15) is 40.2 Å². The summed E-state index contributed by atoms with van der Waals surface area (Å²) in [6.07, 6.45) is 6.01. The highest BCUT2D eigenvalue weighted by molar-refractivity contribution is 5.35. The Hall–Kier alpha value is -1.87. The standard InChI is InChI=1S/C21H31N2O/c1-16(2)20(17(3)4)18(5)21(24,19-10-8-7-9-11-19)14-23-13-12-22(6)15-23/h7-13,15-17,24H,14H2,1-6H3/q+1. The Balaban J connectivity index is 2.60. The van der Waals surface area contributed by atoms with Crippen LogP contribution in [0.2, 0.25) is 0 Å². The van der Waals surface area contributed by atoms with E-state index in [1.807, 2.05) is 60.7 Å². The normalized spacial score (nSPS) is 14.0. The topological polar surface area (TPSA) is 29.0 Å². The second-order valence-corrected chi connectivity index (χ2v) is 7.37. The Labute approximate surface area is 146 Å². The number of imidazole rings is 1. The van der Waals surface area contributed by atoms with Gasteiger partial charge in [0.25, 0.3) is 0 Å². The fraction of sp³-hybridized carbons (Fsp3) is 0.476. The molecule has 3 heteroatoms. The molecule has 0 aliphatic heterocycles. The lowest BCUT2D eigenvalue weighted by molar-refractivity contribution is -0.671. The summed E-state index contributed by atoms with van der Waals surface area (Å²) >= 11 is 0. The lowest BCUT2D eigenvalue weighted by Crippen LogP contribution is -2.35. The van der Waals surface area contributed by atoms with Gasteiger partial charge in [-0.05, 0) is 29.9 Å². The molecular formula is C21H31N2O+. The van der Waals surface area contributed by atoms with Crippen molar-refractivity contribution in [2.75, 3.05) is 0 Å². The van der Waals surface area contributed by atoms with E-state index in [1.54, 1.807) is 0 Å². The predicted molar refractivity (Wildman–Crippen MR) is 98.3 cm³/mol. The average Bonchev–Trinajstić information content (AvgIpc) is 2.92. The molecule has 1 unspecified atom stereocenters. The fourth-order valence-corrected chi connectivity index (χ4v) is 3.77. The minimum atomic E-state index is -1.02. The Kier molecular flexibility index (Phi) is 5.66. The maximum absolute atomic E-state index is 11.8. The zero-order valence-corrected chi connectivity index (χ0v) is 15.8. The molecule has 1 aromatic heterocycles. The van der Waals surface area contributed by atoms with Gasteiger partial charge >= 0.3 is 0 Å². The molecule has 1 N–H and O–H groups in total. The van der Waals surface area contributed by atoms with E-state index in [0.29, 0.717) is 18.4 Å². The van der Waals surface area contributed by atoms with E-state index in [2.05, 4.69) is 39.2 Å². The Morgan fingerprint density at radius 3 is 2.17 bits per heavy atom. The largest absolute Gasteiger partial charge is 0.377 e. The monoisotopic (exact) mass is 327 g/mol. The number of nitrogens with zero attached hydrogens (tertiary/aromatic N) is 2. The Bertz CT molecular complexity index is 688. The Morgan fingerprint density at radius 2 is 1.71 bits per heavy atom. The zero-order valence-electron chi connectivity index (χ0n) is 15.8. The third-order valence-corrected chi connectivity index (χ3v) is 4.78. The van der Waals surface area contributed by atoms with Crippen LogP contribution in [0.5, 0.6) is 0 Å². The molecule has 1 atom stereocenters. The van der Waals surface area contributed by atoms with Crippen LogP contribution in [0.3, 0.4) is 0 Å². The van der Waals surface area contributed by atoms with Gasteiger partial charge < -0.3 is 5.11 Å². The molecule has 0 bridgehead atoms. The van der Waals surface area contributed by atoms with E-state index in [-0.39, 0.29) is 0 Å². The van der Waals surface area contributed by atoms with Gasteiger partial charge in [0.2, 0.25) is 6.33 Å². The first-order chi connectivity index (χ1) is 11.3. The summed E-state index contributed by atoms with van der Waals surface area (Å²) in [5.74, 6) is 0.807. The van der Waals surface area contributed by atoms with Crippen LogP contribution < -0.4 is 4.57 Å². The van der Waals surface area contributed by atoms with Gasteiger partial charge in [0.05, 0.1) is 7.05 Å². The van der Waals surface area contributed by atoms with Crippen molar-refractivity contribution in [1.29, 1.82) is 0 Å². The van der Waals surface area contributed by atoms with E-state index in [9.17, 15) is 5.11 Å². The number of hydrogen-bond donors (Lipinski definition) is 1. The highest BCUT2D eigenvalue weighted by Gasteiger charge is 2.36. The summed E-state index contributed by atoms with van der Waals surface area (Å²) in [6, 6.07) is 10.0. The summed E-state index contributed by atoms with van der Waals surface area (Å²) < 4.78 is 4.05. The lowest BCUT2D eigenvalue weighted by atomic mass is 9.78. The SMILES string of the molecule is CC(=C(C(C)C)C(C)C)C(O)(Cn1cc[n+](C)c1)c1ccccc1. The molecule has 1 aromatic carbocycles. The van der Waals surface area contributed by atoms with Gasteiger partial charge in [0.1, 0.15) is 24.5 Å². The Morgan fingerprint density at radius 1 is 1.12 bits per heavy atom. The van der Waals surface area contributed by atoms with Crippen molar-refractivity contribution in [3.8, 4) is 0 Å². The predicted octanol–water partition coefficient (Wildman–Crippen LogP) is 3.83. The first kappa shape index (κ1) is 18.5. The van der Waals surface area contributed by atoms with Gasteiger partial charge in [-0.25, -0.2) is 9.13 Å². The summed E-state index contributed by atoms with van der Waals surface area (Å²) in [5.41, 5.74) is 2.32. The number of rotatable bonds is 6. The van der Waals surface area contributed by atoms with Crippen LogP contribution in [0.15, 0.2) is 60.2 Å². The molecule has 0 aliphatic rings. The van der Waals surface area contributed by atoms with Crippen molar-refractivity contribution in [1.82, 2.24) is 4.57 Å². The third kappa shape index (κ3) is 3.78. The average molecular weight is 327 g/mol. The number of allylic oxidation sites excluding steroid dienone is 1. The molecule has 2 rings (SSSR count). The maximum Gasteiger partial charge on any atom is 0.243 e. The summed E-state index contributed by atoms with van der Waals surface area (Å²) in [5, 5.41) is 11.8. The van der Waals surface area contributed by atoms with Gasteiger partial charge in [0, 0.05) is 0 Å². The molecule has 24 heavy (non-hydrogen) atoms. The van der Waals surface area contributed by atoms with Gasteiger partial charge in [-0.1, -0.05) is 63.6 Å². The van der Waals surface area contributed by atoms with Crippen molar-refractivity contribution in [2.45, 2.75) is 46.8 Å². The van der Waals surface area contributed by atoms with Crippen molar-refractivity contribution in [2.24, 2.45) is 18.9 Å². The molecule has 0 spiro atoms. The number of aliphatic hydroxyl groups is 1. The van der Waals surface area contributed by atoms with Gasteiger partial charge in [0.15, 0.2) is 0 Å². The number of aromatic nitrogens is 2. The minimum absolute atomic E-state index is 0.404. The fourth-order valence-electron chi connectivity index (χ4n) is 3.77. The molecule has 130 valence electrons.